The second-order valence-electron chi connectivity index (χ2n) is 3.86. The van der Waals surface area contributed by atoms with Crippen molar-refractivity contribution in [2.75, 3.05) is 31.6 Å². The summed E-state index contributed by atoms with van der Waals surface area (Å²) in [4.78, 5) is 11.5. The van der Waals surface area contributed by atoms with Crippen molar-refractivity contribution in [1.82, 2.24) is 5.32 Å². The number of anilines is 1. The van der Waals surface area contributed by atoms with Gasteiger partial charge in [-0.25, -0.2) is 4.79 Å². The van der Waals surface area contributed by atoms with Crippen LogP contribution in [0.25, 0.3) is 0 Å². The van der Waals surface area contributed by atoms with E-state index in [9.17, 15) is 18.0 Å². The number of nitrogens with one attached hydrogen (secondary N) is 2. The molecule has 0 atom stereocenters. The summed E-state index contributed by atoms with van der Waals surface area (Å²) in [6.45, 7) is 1.32. The number of nitrogens with two attached hydrogens (primary N) is 1. The van der Waals surface area contributed by atoms with Gasteiger partial charge in [-0.1, -0.05) is 6.07 Å². The zero-order valence-electron chi connectivity index (χ0n) is 11.5. The molecule has 126 valence electrons. The molecule has 0 aliphatic rings. The molecule has 6 nitrogen and oxygen atoms in total. The molecular weight excluding hydrogens is 327 g/mol. The van der Waals surface area contributed by atoms with Crippen LogP contribution in [-0.4, -0.2) is 38.7 Å². The number of benzene rings is 1. The van der Waals surface area contributed by atoms with Gasteiger partial charge in [0.05, 0.1) is 13.2 Å². The third-order valence-electron chi connectivity index (χ3n) is 2.12. The number of halogens is 4. The first-order valence-corrected chi connectivity index (χ1v) is 6.09. The Balaban J connectivity index is 0.00000441. The first-order chi connectivity index (χ1) is 9.90. The molecule has 2 amide bonds. The summed E-state index contributed by atoms with van der Waals surface area (Å²) >= 11 is 0. The molecule has 0 fully saturated rings. The van der Waals surface area contributed by atoms with Crippen LogP contribution >= 0.6 is 12.4 Å². The molecule has 0 aliphatic heterocycles. The second-order valence-corrected chi connectivity index (χ2v) is 3.86. The molecule has 0 aliphatic carbocycles. The highest BCUT2D eigenvalue weighted by molar-refractivity contribution is 5.89. The van der Waals surface area contributed by atoms with E-state index in [1.54, 1.807) is 0 Å². The number of ether oxygens (including phenoxy) is 2. The monoisotopic (exact) mass is 343 g/mol. The molecule has 0 saturated heterocycles. The lowest BCUT2D eigenvalue weighted by Crippen LogP contribution is -2.32. The van der Waals surface area contributed by atoms with Gasteiger partial charge in [0.1, 0.15) is 5.75 Å². The minimum Gasteiger partial charge on any atom is -0.406 e. The standard InChI is InChI=1S/C12H16F3N3O3.ClH/c13-12(14,15)21-10-3-1-2-9(8-10)18-11(19)17-5-7-20-6-4-16;/h1-3,8H,4-7,16H2,(H2,17,18,19);1H. The minimum atomic E-state index is -4.78. The molecule has 1 aromatic rings. The molecule has 0 aromatic heterocycles. The number of alkyl halides is 3. The lowest BCUT2D eigenvalue weighted by atomic mass is 10.3. The Morgan fingerprint density at radius 2 is 2.00 bits per heavy atom. The molecule has 0 saturated carbocycles. The number of urea groups is 1. The first kappa shape index (κ1) is 20.3. The minimum absolute atomic E-state index is 0. The maximum absolute atomic E-state index is 12.1. The number of rotatable bonds is 7. The van der Waals surface area contributed by atoms with Crippen molar-refractivity contribution in [3.8, 4) is 5.75 Å². The summed E-state index contributed by atoms with van der Waals surface area (Å²) in [5, 5.41) is 4.86. The van der Waals surface area contributed by atoms with E-state index in [-0.39, 0.29) is 24.6 Å². The van der Waals surface area contributed by atoms with Gasteiger partial charge >= 0.3 is 12.4 Å². The molecule has 1 aromatic carbocycles. The summed E-state index contributed by atoms with van der Waals surface area (Å²) < 4.78 is 45.0. The van der Waals surface area contributed by atoms with E-state index in [0.717, 1.165) is 12.1 Å². The average Bonchev–Trinajstić information content (AvgIpc) is 2.37. The van der Waals surface area contributed by atoms with E-state index in [0.29, 0.717) is 19.8 Å². The summed E-state index contributed by atoms with van der Waals surface area (Å²) in [6, 6.07) is 4.42. The normalized spacial score (nSPS) is 10.5. The molecule has 0 unspecified atom stereocenters. The number of carbonyl (C=O) groups excluding carboxylic acids is 1. The van der Waals surface area contributed by atoms with Crippen LogP contribution in [0.2, 0.25) is 0 Å². The molecule has 0 bridgehead atoms. The highest BCUT2D eigenvalue weighted by atomic mass is 35.5. The fraction of sp³-hybridized carbons (Fsp3) is 0.417. The van der Waals surface area contributed by atoms with Gasteiger partial charge in [-0.05, 0) is 12.1 Å². The Morgan fingerprint density at radius 3 is 2.64 bits per heavy atom. The molecule has 4 N–H and O–H groups in total. The van der Waals surface area contributed by atoms with Crippen LogP contribution in [0.1, 0.15) is 0 Å². The predicted octanol–water partition coefficient (Wildman–Crippen LogP) is 2.10. The van der Waals surface area contributed by atoms with Crippen LogP contribution in [-0.2, 0) is 4.74 Å². The van der Waals surface area contributed by atoms with Gasteiger partial charge in [0.25, 0.3) is 0 Å². The Hall–Kier alpha value is -1.71. The molecule has 22 heavy (non-hydrogen) atoms. The first-order valence-electron chi connectivity index (χ1n) is 6.09. The molecule has 0 spiro atoms. The largest absolute Gasteiger partial charge is 0.573 e. The second kappa shape index (κ2) is 10.1. The van der Waals surface area contributed by atoms with Gasteiger partial charge in [-0.3, -0.25) is 0 Å². The van der Waals surface area contributed by atoms with E-state index in [1.807, 2.05) is 0 Å². The van der Waals surface area contributed by atoms with E-state index in [1.165, 1.54) is 12.1 Å². The fourth-order valence-electron chi connectivity index (χ4n) is 1.37. The Labute approximate surface area is 131 Å². The Bertz CT molecular complexity index is 461. The third-order valence-corrected chi connectivity index (χ3v) is 2.12. The topological polar surface area (TPSA) is 85.6 Å². The van der Waals surface area contributed by atoms with E-state index < -0.39 is 18.1 Å². The zero-order chi connectivity index (χ0) is 15.7. The quantitative estimate of drug-likeness (QED) is 0.662. The highest BCUT2D eigenvalue weighted by Crippen LogP contribution is 2.24. The number of hydrogen-bond acceptors (Lipinski definition) is 4. The number of hydrogen-bond donors (Lipinski definition) is 3. The molecule has 1 rings (SSSR count). The molecule has 0 radical (unpaired) electrons. The summed E-state index contributed by atoms with van der Waals surface area (Å²) in [6.07, 6.45) is -4.78. The van der Waals surface area contributed by atoms with Gasteiger partial charge in [-0.2, -0.15) is 0 Å². The van der Waals surface area contributed by atoms with Crippen LogP contribution < -0.4 is 21.1 Å². The van der Waals surface area contributed by atoms with E-state index >= 15 is 0 Å². The average molecular weight is 344 g/mol. The van der Waals surface area contributed by atoms with Crippen LogP contribution in [0.4, 0.5) is 23.7 Å². The molecular formula is C12H17ClF3N3O3. The zero-order valence-corrected chi connectivity index (χ0v) is 12.3. The molecule has 10 heteroatoms. The Morgan fingerprint density at radius 1 is 1.27 bits per heavy atom. The van der Waals surface area contributed by atoms with Crippen molar-refractivity contribution >= 4 is 24.1 Å². The maximum atomic E-state index is 12.1. The van der Waals surface area contributed by atoms with Crippen molar-refractivity contribution < 1.29 is 27.4 Å². The number of amides is 2. The van der Waals surface area contributed by atoms with Crippen molar-refractivity contribution in [3.05, 3.63) is 24.3 Å². The van der Waals surface area contributed by atoms with Crippen LogP contribution in [0.3, 0.4) is 0 Å². The van der Waals surface area contributed by atoms with Crippen molar-refractivity contribution in [2.24, 2.45) is 5.73 Å². The van der Waals surface area contributed by atoms with Gasteiger partial charge in [0.15, 0.2) is 0 Å². The number of carbonyl (C=O) groups is 1. The van der Waals surface area contributed by atoms with Crippen molar-refractivity contribution in [3.63, 3.8) is 0 Å². The van der Waals surface area contributed by atoms with Gasteiger partial charge in [-0.15, -0.1) is 25.6 Å². The SMILES string of the molecule is Cl.NCCOCCNC(=O)Nc1cccc(OC(F)(F)F)c1. The highest BCUT2D eigenvalue weighted by Gasteiger charge is 2.31. The summed E-state index contributed by atoms with van der Waals surface area (Å²) in [7, 11) is 0. The Kier molecular flexibility index (Phi) is 9.31. The lowest BCUT2D eigenvalue weighted by Gasteiger charge is -2.11. The maximum Gasteiger partial charge on any atom is 0.573 e. The van der Waals surface area contributed by atoms with Gasteiger partial charge < -0.3 is 25.8 Å². The third kappa shape index (κ3) is 9.27. The van der Waals surface area contributed by atoms with Crippen LogP contribution in [0.5, 0.6) is 5.75 Å². The smallest absolute Gasteiger partial charge is 0.406 e. The van der Waals surface area contributed by atoms with E-state index in [4.69, 9.17) is 10.5 Å². The van der Waals surface area contributed by atoms with Crippen molar-refractivity contribution in [1.29, 1.82) is 0 Å². The van der Waals surface area contributed by atoms with E-state index in [2.05, 4.69) is 15.4 Å². The van der Waals surface area contributed by atoms with Gasteiger partial charge in [0.2, 0.25) is 0 Å². The van der Waals surface area contributed by atoms with Gasteiger partial charge in [0, 0.05) is 24.8 Å². The predicted molar refractivity (Wildman–Crippen MR) is 77.3 cm³/mol. The summed E-state index contributed by atoms with van der Waals surface area (Å²) in [5.41, 5.74) is 5.39. The fourth-order valence-corrected chi connectivity index (χ4v) is 1.37. The van der Waals surface area contributed by atoms with Crippen LogP contribution in [0, 0.1) is 0 Å². The molecule has 0 heterocycles. The van der Waals surface area contributed by atoms with Crippen molar-refractivity contribution in [2.45, 2.75) is 6.36 Å². The summed E-state index contributed by atoms with van der Waals surface area (Å²) in [5.74, 6) is -0.411. The van der Waals surface area contributed by atoms with Crippen LogP contribution in [0.15, 0.2) is 24.3 Å². The lowest BCUT2D eigenvalue weighted by molar-refractivity contribution is -0.274.